The summed E-state index contributed by atoms with van der Waals surface area (Å²) in [5, 5.41) is 22.3. The zero-order chi connectivity index (χ0) is 24.6. The Morgan fingerprint density at radius 1 is 1.03 bits per heavy atom. The van der Waals surface area contributed by atoms with Crippen LogP contribution in [0.15, 0.2) is 48.5 Å². The van der Waals surface area contributed by atoms with E-state index in [-0.39, 0.29) is 51.5 Å². The number of hydrogen-bond acceptors (Lipinski definition) is 6. The molecule has 5 rings (SSSR count). The highest BCUT2D eigenvalue weighted by molar-refractivity contribution is 5.93. The second kappa shape index (κ2) is 9.31. The van der Waals surface area contributed by atoms with Gasteiger partial charge < -0.3 is 29.9 Å². The van der Waals surface area contributed by atoms with E-state index < -0.39 is 35.7 Å². The molecule has 2 heterocycles. The molecular weight excluding hydrogens is 452 g/mol. The van der Waals surface area contributed by atoms with Gasteiger partial charge in [0, 0.05) is 44.9 Å². The maximum atomic E-state index is 13.5. The number of ether oxygens (including phenoxy) is 2. The van der Waals surface area contributed by atoms with Crippen LogP contribution in [0.1, 0.15) is 36.3 Å². The van der Waals surface area contributed by atoms with Gasteiger partial charge in [-0.15, -0.1) is 0 Å². The van der Waals surface area contributed by atoms with E-state index in [9.17, 15) is 24.6 Å². The highest BCUT2D eigenvalue weighted by atomic mass is 16.5. The van der Waals surface area contributed by atoms with E-state index >= 15 is 0 Å². The van der Waals surface area contributed by atoms with Crippen LogP contribution >= 0.6 is 0 Å². The lowest BCUT2D eigenvalue weighted by Gasteiger charge is -2.39. The largest absolute Gasteiger partial charge is 0.480 e. The molecule has 0 radical (unpaired) electrons. The number of carbonyl (C=O) groups excluding carboxylic acids is 2. The summed E-state index contributed by atoms with van der Waals surface area (Å²) in [6.07, 6.45) is -1.33. The fraction of sp³-hybridized carbons (Fsp3) is 0.423. The molecule has 3 aliphatic rings. The average molecular weight is 481 g/mol. The number of likely N-dealkylation sites (tertiary alicyclic amines) is 1. The van der Waals surface area contributed by atoms with Crippen molar-refractivity contribution in [2.75, 3.05) is 26.4 Å². The third-order valence-electron chi connectivity index (χ3n) is 7.27. The summed E-state index contributed by atoms with van der Waals surface area (Å²) >= 11 is 0. The monoisotopic (exact) mass is 480 g/mol. The number of nitrogens with one attached hydrogen (secondary N) is 1. The first kappa shape index (κ1) is 23.3. The van der Waals surface area contributed by atoms with Crippen LogP contribution < -0.4 is 5.32 Å². The smallest absolute Gasteiger partial charge is 0.408 e. The zero-order valence-corrected chi connectivity index (χ0v) is 19.2. The summed E-state index contributed by atoms with van der Waals surface area (Å²) < 4.78 is 11.1. The molecule has 0 saturated carbocycles. The van der Waals surface area contributed by atoms with Crippen molar-refractivity contribution in [3.63, 3.8) is 0 Å². The second-order valence-electron chi connectivity index (χ2n) is 9.35. The fourth-order valence-electron chi connectivity index (χ4n) is 5.49. The number of rotatable bonds is 5. The van der Waals surface area contributed by atoms with Crippen LogP contribution in [-0.4, -0.2) is 77.1 Å². The van der Waals surface area contributed by atoms with E-state index in [0.29, 0.717) is 0 Å². The number of β-amino-alcohol motifs (C(OH)–C–C–N with tert-alkyl or cyclic N) is 1. The fourth-order valence-corrected chi connectivity index (χ4v) is 5.49. The first-order valence-electron chi connectivity index (χ1n) is 11.8. The van der Waals surface area contributed by atoms with Crippen LogP contribution in [-0.2, 0) is 19.1 Å². The van der Waals surface area contributed by atoms with Gasteiger partial charge in [-0.1, -0.05) is 48.5 Å². The second-order valence-corrected chi connectivity index (χ2v) is 9.35. The first-order valence-corrected chi connectivity index (χ1v) is 11.8. The van der Waals surface area contributed by atoms with E-state index in [2.05, 4.69) is 5.32 Å². The number of fused-ring (bicyclic) bond motifs is 3. The molecule has 2 aromatic carbocycles. The molecule has 0 bridgehead atoms. The third-order valence-corrected chi connectivity index (χ3v) is 7.27. The maximum absolute atomic E-state index is 13.5. The molecule has 35 heavy (non-hydrogen) atoms. The van der Waals surface area contributed by atoms with Crippen molar-refractivity contribution in [2.45, 2.75) is 42.9 Å². The molecule has 9 nitrogen and oxygen atoms in total. The number of carboxylic acids is 1. The Bertz CT molecular complexity index is 1100. The molecule has 2 amide bonds. The molecule has 2 aromatic rings. The first-order chi connectivity index (χ1) is 16.9. The zero-order valence-electron chi connectivity index (χ0n) is 19.2. The molecule has 3 N–H and O–H groups in total. The maximum Gasteiger partial charge on any atom is 0.408 e. The number of aliphatic hydroxyl groups is 1. The Morgan fingerprint density at radius 2 is 1.63 bits per heavy atom. The van der Waals surface area contributed by atoms with Crippen molar-refractivity contribution in [1.82, 2.24) is 10.2 Å². The van der Waals surface area contributed by atoms with Gasteiger partial charge in [-0.25, -0.2) is 9.59 Å². The van der Waals surface area contributed by atoms with Gasteiger partial charge in [-0.05, 0) is 22.3 Å². The number of carboxylic acid groups (broad SMARTS) is 1. The Morgan fingerprint density at radius 3 is 2.23 bits per heavy atom. The number of amides is 2. The molecule has 0 aromatic heterocycles. The molecule has 2 unspecified atom stereocenters. The van der Waals surface area contributed by atoms with Crippen molar-refractivity contribution in [3.8, 4) is 11.1 Å². The number of benzene rings is 2. The van der Waals surface area contributed by atoms with Crippen LogP contribution in [0, 0.1) is 0 Å². The van der Waals surface area contributed by atoms with Crippen LogP contribution in [0.25, 0.3) is 11.1 Å². The summed E-state index contributed by atoms with van der Waals surface area (Å²) in [5.41, 5.74) is 3.03. The van der Waals surface area contributed by atoms with E-state index in [0.717, 1.165) is 27.2 Å². The Hall–Kier alpha value is -3.43. The molecule has 2 atom stereocenters. The lowest BCUT2D eigenvalue weighted by atomic mass is 9.88. The summed E-state index contributed by atoms with van der Waals surface area (Å²) in [7, 11) is 0. The van der Waals surface area contributed by atoms with Gasteiger partial charge >= 0.3 is 12.1 Å². The number of alkyl carbamates (subject to hydrolysis) is 1. The van der Waals surface area contributed by atoms with Gasteiger partial charge in [0.15, 0.2) is 0 Å². The highest BCUT2D eigenvalue weighted by Gasteiger charge is 2.50. The van der Waals surface area contributed by atoms with Crippen LogP contribution in [0.5, 0.6) is 0 Å². The quantitative estimate of drug-likeness (QED) is 0.599. The molecule has 1 aliphatic carbocycles. The molecule has 0 spiro atoms. The van der Waals surface area contributed by atoms with Crippen LogP contribution in [0.4, 0.5) is 4.79 Å². The minimum absolute atomic E-state index is 0.0431. The Labute approximate surface area is 202 Å². The molecular formula is C26H28N2O7. The normalized spacial score (nSPS) is 22.8. The highest BCUT2D eigenvalue weighted by Crippen LogP contribution is 2.44. The van der Waals surface area contributed by atoms with E-state index in [1.165, 1.54) is 0 Å². The van der Waals surface area contributed by atoms with Gasteiger partial charge in [0.25, 0.3) is 0 Å². The Balaban J connectivity index is 1.32. The number of aliphatic hydroxyl groups excluding tert-OH is 1. The number of carbonyl (C=O) groups is 3. The standard InChI is InChI=1S/C26H28N2O7/c29-16-13-22(23(30)31)28(14-16)24(32)26(9-11-34-12-10-26)27-25(33)35-15-21-19-7-3-1-5-17(19)18-6-2-4-8-20(18)21/h1-8,16,21-22,29H,9-15H2,(H,27,33)(H,30,31). The van der Waals surface area contributed by atoms with Crippen molar-refractivity contribution in [3.05, 3.63) is 59.7 Å². The summed E-state index contributed by atoms with van der Waals surface area (Å²) in [5.74, 6) is -1.84. The van der Waals surface area contributed by atoms with Gasteiger partial charge in [-0.2, -0.15) is 0 Å². The molecule has 2 saturated heterocycles. The van der Waals surface area contributed by atoms with Gasteiger partial charge in [0.1, 0.15) is 18.2 Å². The molecule has 2 aliphatic heterocycles. The minimum Gasteiger partial charge on any atom is -0.480 e. The van der Waals surface area contributed by atoms with E-state index in [1.54, 1.807) is 0 Å². The van der Waals surface area contributed by atoms with Crippen LogP contribution in [0.2, 0.25) is 0 Å². The van der Waals surface area contributed by atoms with Crippen molar-refractivity contribution >= 4 is 18.0 Å². The number of aliphatic carboxylic acids is 1. The predicted octanol–water partition coefficient (Wildman–Crippen LogP) is 2.12. The predicted molar refractivity (Wildman–Crippen MR) is 125 cm³/mol. The summed E-state index contributed by atoms with van der Waals surface area (Å²) in [4.78, 5) is 39.4. The van der Waals surface area contributed by atoms with E-state index in [4.69, 9.17) is 9.47 Å². The lowest BCUT2D eigenvalue weighted by molar-refractivity contribution is -0.153. The summed E-state index contributed by atoms with van der Waals surface area (Å²) in [6.45, 7) is 0.485. The third kappa shape index (κ3) is 4.26. The van der Waals surface area contributed by atoms with Crippen molar-refractivity contribution in [2.24, 2.45) is 0 Å². The number of nitrogens with zero attached hydrogens (tertiary/aromatic N) is 1. The average Bonchev–Trinajstić information content (AvgIpc) is 3.41. The van der Waals surface area contributed by atoms with Crippen LogP contribution in [0.3, 0.4) is 0 Å². The molecule has 9 heteroatoms. The van der Waals surface area contributed by atoms with Gasteiger partial charge in [0.2, 0.25) is 5.91 Å². The van der Waals surface area contributed by atoms with Crippen molar-refractivity contribution < 1.29 is 34.1 Å². The van der Waals surface area contributed by atoms with Crippen molar-refractivity contribution in [1.29, 1.82) is 0 Å². The summed E-state index contributed by atoms with van der Waals surface area (Å²) in [6, 6.07) is 14.9. The van der Waals surface area contributed by atoms with E-state index in [1.807, 2.05) is 48.5 Å². The minimum atomic E-state index is -1.35. The molecule has 184 valence electrons. The SMILES string of the molecule is O=C(NC1(C(=O)N2CC(O)CC2C(=O)O)CCOCC1)OCC1c2ccccc2-c2ccccc21. The van der Waals surface area contributed by atoms with Gasteiger partial charge in [0.05, 0.1) is 6.10 Å². The van der Waals surface area contributed by atoms with Gasteiger partial charge in [-0.3, -0.25) is 4.79 Å². The molecule has 2 fully saturated rings. The lowest BCUT2D eigenvalue weighted by Crippen LogP contribution is -2.63. The topological polar surface area (TPSA) is 125 Å². The Kier molecular flexibility index (Phi) is 6.21. The number of hydrogen-bond donors (Lipinski definition) is 3.